The Bertz CT molecular complexity index is 670. The van der Waals surface area contributed by atoms with Gasteiger partial charge >= 0.3 is 11.9 Å². The predicted molar refractivity (Wildman–Crippen MR) is 83.6 cm³/mol. The van der Waals surface area contributed by atoms with Crippen molar-refractivity contribution in [1.82, 2.24) is 4.72 Å². The van der Waals surface area contributed by atoms with Crippen molar-refractivity contribution in [3.05, 3.63) is 29.8 Å². The van der Waals surface area contributed by atoms with E-state index in [1.54, 1.807) is 20.8 Å². The molecule has 0 spiro atoms. The van der Waals surface area contributed by atoms with Gasteiger partial charge in [0, 0.05) is 0 Å². The van der Waals surface area contributed by atoms with Crippen LogP contribution in [0.25, 0.3) is 0 Å². The highest BCUT2D eigenvalue weighted by Gasteiger charge is 2.29. The number of nitrogens with one attached hydrogen (secondary N) is 1. The molecule has 1 aromatic carbocycles. The largest absolute Gasteiger partial charge is 0.480 e. The first-order chi connectivity index (χ1) is 10.7. The smallest absolute Gasteiger partial charge is 0.338 e. The third-order valence-electron chi connectivity index (χ3n) is 3.42. The highest BCUT2D eigenvalue weighted by Crippen LogP contribution is 2.16. The number of hydrogen-bond acceptors (Lipinski definition) is 5. The van der Waals surface area contributed by atoms with Crippen LogP contribution in [0, 0.1) is 5.92 Å². The topological polar surface area (TPSA) is 110 Å². The highest BCUT2D eigenvalue weighted by molar-refractivity contribution is 7.89. The van der Waals surface area contributed by atoms with E-state index in [4.69, 9.17) is 4.74 Å². The average Bonchev–Trinajstić information content (AvgIpc) is 2.52. The molecule has 0 aromatic heterocycles. The molecule has 23 heavy (non-hydrogen) atoms. The van der Waals surface area contributed by atoms with Crippen molar-refractivity contribution in [2.75, 3.05) is 6.61 Å². The van der Waals surface area contributed by atoms with Crippen molar-refractivity contribution in [2.24, 2.45) is 5.92 Å². The van der Waals surface area contributed by atoms with E-state index in [0.29, 0.717) is 6.42 Å². The number of sulfonamides is 1. The molecule has 0 saturated heterocycles. The van der Waals surface area contributed by atoms with E-state index in [0.717, 1.165) is 6.07 Å². The summed E-state index contributed by atoms with van der Waals surface area (Å²) in [5.41, 5.74) is 0.0881. The molecule has 0 aliphatic heterocycles. The number of carbonyl (C=O) groups excluding carboxylic acids is 1. The molecule has 0 unspecified atom stereocenters. The Balaban J connectivity index is 3.11. The maximum absolute atomic E-state index is 12.4. The molecule has 0 amide bonds. The van der Waals surface area contributed by atoms with Crippen LogP contribution in [-0.2, 0) is 19.6 Å². The van der Waals surface area contributed by atoms with Crippen LogP contribution in [-0.4, -0.2) is 38.1 Å². The fourth-order valence-corrected chi connectivity index (χ4v) is 3.23. The third-order valence-corrected chi connectivity index (χ3v) is 4.86. The molecule has 0 fully saturated rings. The van der Waals surface area contributed by atoms with Gasteiger partial charge in [-0.15, -0.1) is 0 Å². The fourth-order valence-electron chi connectivity index (χ4n) is 1.89. The SMILES string of the molecule is CCOC(=O)c1cccc(S(=O)(=O)N[C@H](C(=O)O)[C@@H](C)CC)c1. The molecule has 2 atom stereocenters. The number of carboxylic acids is 1. The Labute approximate surface area is 135 Å². The predicted octanol–water partition coefficient (Wildman–Crippen LogP) is 1.64. The lowest BCUT2D eigenvalue weighted by Gasteiger charge is -2.20. The number of carboxylic acid groups (broad SMARTS) is 1. The molecule has 0 bridgehead atoms. The van der Waals surface area contributed by atoms with Crippen LogP contribution in [0.5, 0.6) is 0 Å². The molecule has 7 nitrogen and oxygen atoms in total. The van der Waals surface area contributed by atoms with E-state index in [1.807, 2.05) is 0 Å². The maximum Gasteiger partial charge on any atom is 0.338 e. The zero-order valence-electron chi connectivity index (χ0n) is 13.3. The summed E-state index contributed by atoms with van der Waals surface area (Å²) in [7, 11) is -4.07. The molecule has 0 aliphatic carbocycles. The first-order valence-corrected chi connectivity index (χ1v) is 8.73. The quantitative estimate of drug-likeness (QED) is 0.694. The third kappa shape index (κ3) is 5.04. The molecular weight excluding hydrogens is 322 g/mol. The van der Waals surface area contributed by atoms with Crippen molar-refractivity contribution in [3.8, 4) is 0 Å². The highest BCUT2D eigenvalue weighted by atomic mass is 32.2. The lowest BCUT2D eigenvalue weighted by Crippen LogP contribution is -2.44. The minimum atomic E-state index is -4.07. The number of hydrogen-bond donors (Lipinski definition) is 2. The molecule has 0 saturated carbocycles. The summed E-state index contributed by atoms with van der Waals surface area (Å²) in [6.45, 7) is 5.24. The molecule has 1 aromatic rings. The minimum absolute atomic E-state index is 0.0881. The van der Waals surface area contributed by atoms with Crippen LogP contribution in [0.15, 0.2) is 29.2 Å². The number of carbonyl (C=O) groups is 2. The Morgan fingerprint density at radius 2 is 1.96 bits per heavy atom. The summed E-state index contributed by atoms with van der Waals surface area (Å²) >= 11 is 0. The summed E-state index contributed by atoms with van der Waals surface area (Å²) in [6.07, 6.45) is 0.502. The standard InChI is InChI=1S/C15H21NO6S/c1-4-10(3)13(14(17)18)16-23(20,21)12-8-6-7-11(9-12)15(19)22-5-2/h6-10,13,16H,4-5H2,1-3H3,(H,17,18)/t10-,13-/m0/s1. The van der Waals surface area contributed by atoms with E-state index in [1.165, 1.54) is 18.2 Å². The van der Waals surface area contributed by atoms with Gasteiger partial charge in [-0.2, -0.15) is 4.72 Å². The Kier molecular flexibility index (Phi) is 6.71. The monoisotopic (exact) mass is 343 g/mol. The minimum Gasteiger partial charge on any atom is -0.480 e. The van der Waals surface area contributed by atoms with Crippen LogP contribution >= 0.6 is 0 Å². The lowest BCUT2D eigenvalue weighted by atomic mass is 10.0. The summed E-state index contributed by atoms with van der Waals surface area (Å²) in [6, 6.07) is 4.05. The first-order valence-electron chi connectivity index (χ1n) is 7.25. The van der Waals surface area contributed by atoms with Gasteiger partial charge in [0.2, 0.25) is 10.0 Å². The van der Waals surface area contributed by atoms with Gasteiger partial charge in [0.15, 0.2) is 0 Å². The lowest BCUT2D eigenvalue weighted by molar-refractivity contribution is -0.140. The van der Waals surface area contributed by atoms with Crippen molar-refractivity contribution in [1.29, 1.82) is 0 Å². The maximum atomic E-state index is 12.4. The van der Waals surface area contributed by atoms with Crippen LogP contribution < -0.4 is 4.72 Å². The van der Waals surface area contributed by atoms with Crippen molar-refractivity contribution < 1.29 is 27.9 Å². The van der Waals surface area contributed by atoms with Gasteiger partial charge in [-0.3, -0.25) is 4.79 Å². The zero-order valence-corrected chi connectivity index (χ0v) is 14.1. The summed E-state index contributed by atoms with van der Waals surface area (Å²) in [5.74, 6) is -2.26. The van der Waals surface area contributed by atoms with E-state index in [2.05, 4.69) is 4.72 Å². The molecule has 2 N–H and O–H groups in total. The second-order valence-corrected chi connectivity index (χ2v) is 6.79. The number of aliphatic carboxylic acids is 1. The summed E-state index contributed by atoms with van der Waals surface area (Å²) < 4.78 is 31.7. The molecular formula is C15H21NO6S. The van der Waals surface area contributed by atoms with Crippen LogP contribution in [0.2, 0.25) is 0 Å². The molecule has 0 radical (unpaired) electrons. The normalized spacial score (nSPS) is 14.0. The average molecular weight is 343 g/mol. The molecule has 1 rings (SSSR count). The van der Waals surface area contributed by atoms with Gasteiger partial charge in [-0.25, -0.2) is 13.2 Å². The van der Waals surface area contributed by atoms with Gasteiger partial charge in [-0.05, 0) is 31.0 Å². The number of esters is 1. The Morgan fingerprint density at radius 1 is 1.30 bits per heavy atom. The zero-order chi connectivity index (χ0) is 17.6. The van der Waals surface area contributed by atoms with Crippen LogP contribution in [0.4, 0.5) is 0 Å². The second kappa shape index (κ2) is 8.07. The Hall–Kier alpha value is -1.93. The van der Waals surface area contributed by atoms with Crippen LogP contribution in [0.1, 0.15) is 37.6 Å². The van der Waals surface area contributed by atoms with E-state index in [9.17, 15) is 23.1 Å². The number of benzene rings is 1. The summed E-state index contributed by atoms with van der Waals surface area (Å²) in [5, 5.41) is 9.20. The Morgan fingerprint density at radius 3 is 2.48 bits per heavy atom. The van der Waals surface area contributed by atoms with E-state index >= 15 is 0 Å². The molecule has 8 heteroatoms. The number of rotatable bonds is 8. The van der Waals surface area contributed by atoms with E-state index < -0.39 is 28.0 Å². The second-order valence-electron chi connectivity index (χ2n) is 5.07. The van der Waals surface area contributed by atoms with Gasteiger partial charge in [-0.1, -0.05) is 26.3 Å². The first kappa shape index (κ1) is 19.1. The molecule has 128 valence electrons. The van der Waals surface area contributed by atoms with Crippen molar-refractivity contribution >= 4 is 22.0 Å². The van der Waals surface area contributed by atoms with E-state index in [-0.39, 0.29) is 23.0 Å². The van der Waals surface area contributed by atoms with Crippen molar-refractivity contribution in [2.45, 2.75) is 38.1 Å². The molecule has 0 aliphatic rings. The van der Waals surface area contributed by atoms with Gasteiger partial charge in [0.05, 0.1) is 17.1 Å². The van der Waals surface area contributed by atoms with Gasteiger partial charge in [0.1, 0.15) is 6.04 Å². The van der Waals surface area contributed by atoms with Gasteiger partial charge in [0.25, 0.3) is 0 Å². The molecule has 0 heterocycles. The van der Waals surface area contributed by atoms with Gasteiger partial charge < -0.3 is 9.84 Å². The number of ether oxygens (including phenoxy) is 1. The van der Waals surface area contributed by atoms with Crippen molar-refractivity contribution in [3.63, 3.8) is 0 Å². The summed E-state index contributed by atoms with van der Waals surface area (Å²) in [4.78, 5) is 22.8. The fraction of sp³-hybridized carbons (Fsp3) is 0.467. The van der Waals surface area contributed by atoms with Crippen LogP contribution in [0.3, 0.4) is 0 Å².